The van der Waals surface area contributed by atoms with E-state index in [1.54, 1.807) is 0 Å². The van der Waals surface area contributed by atoms with Gasteiger partial charge in [-0.05, 0) is 55.2 Å². The summed E-state index contributed by atoms with van der Waals surface area (Å²) in [4.78, 5) is 10.6. The minimum atomic E-state index is -0.475. The number of carbonyl (C=O) groups excluding carboxylic acids is 1. The molecule has 3 N–H and O–H groups in total. The topological polar surface area (TPSA) is 63.3 Å². The highest BCUT2D eigenvalue weighted by atomic mass is 16.3. The summed E-state index contributed by atoms with van der Waals surface area (Å²) in [5.74, 6) is -0.298. The number of aliphatic hydroxyl groups is 1. The van der Waals surface area contributed by atoms with E-state index in [1.165, 1.54) is 24.0 Å². The molecular weight excluding hydrogens is 226 g/mol. The van der Waals surface area contributed by atoms with Gasteiger partial charge in [-0.1, -0.05) is 18.2 Å². The van der Waals surface area contributed by atoms with E-state index in [-0.39, 0.29) is 5.91 Å². The zero-order valence-electron chi connectivity index (χ0n) is 10.7. The molecule has 0 fully saturated rings. The molecule has 1 unspecified atom stereocenters. The van der Waals surface area contributed by atoms with Crippen molar-refractivity contribution < 1.29 is 9.90 Å². The third-order valence-electron chi connectivity index (χ3n) is 3.66. The summed E-state index contributed by atoms with van der Waals surface area (Å²) in [5.41, 5.74) is 8.87. The summed E-state index contributed by atoms with van der Waals surface area (Å²) in [6.07, 6.45) is 5.92. The van der Waals surface area contributed by atoms with Crippen LogP contribution in [0.4, 0.5) is 0 Å². The molecule has 0 aliphatic heterocycles. The molecule has 0 saturated heterocycles. The number of amides is 1. The molecule has 1 aromatic rings. The maximum atomic E-state index is 10.6. The second kappa shape index (κ2) is 6.01. The first kappa shape index (κ1) is 13.1. The first-order valence-corrected chi connectivity index (χ1v) is 6.75. The molecule has 3 heteroatoms. The minimum absolute atomic E-state index is 0.298. The zero-order chi connectivity index (χ0) is 13.0. The van der Waals surface area contributed by atoms with Crippen molar-refractivity contribution in [3.63, 3.8) is 0 Å². The Balaban J connectivity index is 1.97. The van der Waals surface area contributed by atoms with Crippen LogP contribution in [0.3, 0.4) is 0 Å². The van der Waals surface area contributed by atoms with Crippen molar-refractivity contribution in [3.8, 4) is 0 Å². The molecule has 1 aliphatic rings. The lowest BCUT2D eigenvalue weighted by atomic mass is 9.89. The number of hydrogen-bond donors (Lipinski definition) is 2. The number of carbonyl (C=O) groups is 1. The Morgan fingerprint density at radius 1 is 1.28 bits per heavy atom. The lowest BCUT2D eigenvalue weighted by Crippen LogP contribution is -2.11. The van der Waals surface area contributed by atoms with E-state index in [9.17, 15) is 9.90 Å². The second-order valence-corrected chi connectivity index (χ2v) is 5.11. The van der Waals surface area contributed by atoms with Crippen LogP contribution in [0.5, 0.6) is 0 Å². The average molecular weight is 247 g/mol. The molecule has 0 aromatic heterocycles. The molecular formula is C15H21NO2. The van der Waals surface area contributed by atoms with E-state index in [2.05, 4.69) is 12.1 Å². The number of rotatable bonds is 5. The number of nitrogens with two attached hydrogens (primary N) is 1. The predicted molar refractivity (Wildman–Crippen MR) is 71.1 cm³/mol. The SMILES string of the molecule is NC(=O)CCCC(O)c1ccc2c(c1)CCCC2. The van der Waals surface area contributed by atoms with E-state index >= 15 is 0 Å². The van der Waals surface area contributed by atoms with Crippen LogP contribution in [0.15, 0.2) is 18.2 Å². The zero-order valence-corrected chi connectivity index (χ0v) is 10.7. The van der Waals surface area contributed by atoms with E-state index in [0.717, 1.165) is 18.4 Å². The van der Waals surface area contributed by atoms with E-state index < -0.39 is 6.10 Å². The molecule has 1 amide bonds. The van der Waals surface area contributed by atoms with Gasteiger partial charge in [-0.15, -0.1) is 0 Å². The largest absolute Gasteiger partial charge is 0.388 e. The van der Waals surface area contributed by atoms with Gasteiger partial charge in [0, 0.05) is 6.42 Å². The van der Waals surface area contributed by atoms with Crippen molar-refractivity contribution in [2.45, 2.75) is 51.0 Å². The van der Waals surface area contributed by atoms with E-state index in [4.69, 9.17) is 5.73 Å². The number of fused-ring (bicyclic) bond motifs is 1. The van der Waals surface area contributed by atoms with Crippen molar-refractivity contribution in [1.29, 1.82) is 0 Å². The molecule has 98 valence electrons. The first-order valence-electron chi connectivity index (χ1n) is 6.75. The molecule has 0 spiro atoms. The van der Waals surface area contributed by atoms with Crippen LogP contribution in [0.2, 0.25) is 0 Å². The summed E-state index contributed by atoms with van der Waals surface area (Å²) < 4.78 is 0. The van der Waals surface area contributed by atoms with Gasteiger partial charge in [0.2, 0.25) is 5.91 Å². The van der Waals surface area contributed by atoms with Crippen molar-refractivity contribution >= 4 is 5.91 Å². The molecule has 1 atom stereocenters. The van der Waals surface area contributed by atoms with Crippen LogP contribution in [-0.4, -0.2) is 11.0 Å². The Morgan fingerprint density at radius 3 is 2.72 bits per heavy atom. The molecule has 1 aliphatic carbocycles. The maximum Gasteiger partial charge on any atom is 0.217 e. The van der Waals surface area contributed by atoms with Gasteiger partial charge in [-0.2, -0.15) is 0 Å². The lowest BCUT2D eigenvalue weighted by molar-refractivity contribution is -0.118. The van der Waals surface area contributed by atoms with Gasteiger partial charge < -0.3 is 10.8 Å². The molecule has 0 radical (unpaired) electrons. The van der Waals surface area contributed by atoms with E-state index in [1.807, 2.05) is 6.07 Å². The minimum Gasteiger partial charge on any atom is -0.388 e. The highest BCUT2D eigenvalue weighted by Gasteiger charge is 2.13. The number of aryl methyl sites for hydroxylation is 2. The van der Waals surface area contributed by atoms with Crippen LogP contribution in [0.25, 0.3) is 0 Å². The Labute approximate surface area is 108 Å². The standard InChI is InChI=1S/C15H21NO2/c16-15(18)7-3-6-14(17)13-9-8-11-4-1-2-5-12(11)10-13/h8-10,14,17H,1-7H2,(H2,16,18). The molecule has 1 aromatic carbocycles. The predicted octanol–water partition coefficient (Wildman–Crippen LogP) is 2.25. The molecule has 3 nitrogen and oxygen atoms in total. The fraction of sp³-hybridized carbons (Fsp3) is 0.533. The Bertz CT molecular complexity index is 429. The van der Waals surface area contributed by atoms with E-state index in [0.29, 0.717) is 19.3 Å². The molecule has 0 bridgehead atoms. The van der Waals surface area contributed by atoms with Crippen LogP contribution in [-0.2, 0) is 17.6 Å². The number of primary amides is 1. The monoisotopic (exact) mass is 247 g/mol. The summed E-state index contributed by atoms with van der Waals surface area (Å²) in [5, 5.41) is 10.1. The van der Waals surface area contributed by atoms with Crippen molar-refractivity contribution in [2.24, 2.45) is 5.73 Å². The number of hydrogen-bond acceptors (Lipinski definition) is 2. The van der Waals surface area contributed by atoms with Crippen LogP contribution < -0.4 is 5.73 Å². The van der Waals surface area contributed by atoms with Crippen LogP contribution in [0.1, 0.15) is 54.9 Å². The second-order valence-electron chi connectivity index (χ2n) is 5.11. The summed E-state index contributed by atoms with van der Waals surface area (Å²) in [7, 11) is 0. The molecule has 0 saturated carbocycles. The molecule has 18 heavy (non-hydrogen) atoms. The van der Waals surface area contributed by atoms with Gasteiger partial charge in [0.05, 0.1) is 6.10 Å². The van der Waals surface area contributed by atoms with Gasteiger partial charge in [-0.3, -0.25) is 4.79 Å². The maximum absolute atomic E-state index is 10.6. The van der Waals surface area contributed by atoms with Crippen molar-refractivity contribution in [3.05, 3.63) is 34.9 Å². The highest BCUT2D eigenvalue weighted by Crippen LogP contribution is 2.26. The summed E-state index contributed by atoms with van der Waals surface area (Å²) >= 11 is 0. The number of benzene rings is 1. The highest BCUT2D eigenvalue weighted by molar-refractivity contribution is 5.73. The van der Waals surface area contributed by atoms with Gasteiger partial charge >= 0.3 is 0 Å². The normalized spacial score (nSPS) is 16.1. The molecule has 2 rings (SSSR count). The van der Waals surface area contributed by atoms with Crippen molar-refractivity contribution in [2.75, 3.05) is 0 Å². The van der Waals surface area contributed by atoms with Gasteiger partial charge in [0.15, 0.2) is 0 Å². The Hall–Kier alpha value is -1.35. The van der Waals surface area contributed by atoms with Gasteiger partial charge in [0.1, 0.15) is 0 Å². The number of aliphatic hydroxyl groups excluding tert-OH is 1. The summed E-state index contributed by atoms with van der Waals surface area (Å²) in [6, 6.07) is 6.28. The lowest BCUT2D eigenvalue weighted by Gasteiger charge is -2.18. The Kier molecular flexibility index (Phi) is 4.37. The fourth-order valence-corrected chi connectivity index (χ4v) is 2.60. The third-order valence-corrected chi connectivity index (χ3v) is 3.66. The first-order chi connectivity index (χ1) is 8.66. The Morgan fingerprint density at radius 2 is 2.00 bits per heavy atom. The van der Waals surface area contributed by atoms with Crippen LogP contribution >= 0.6 is 0 Å². The fourth-order valence-electron chi connectivity index (χ4n) is 2.60. The van der Waals surface area contributed by atoms with Gasteiger partial charge in [0.25, 0.3) is 0 Å². The average Bonchev–Trinajstić information content (AvgIpc) is 2.37. The van der Waals surface area contributed by atoms with Gasteiger partial charge in [-0.25, -0.2) is 0 Å². The quantitative estimate of drug-likeness (QED) is 0.838. The smallest absolute Gasteiger partial charge is 0.217 e. The summed E-state index contributed by atoms with van der Waals surface area (Å²) in [6.45, 7) is 0. The molecule has 0 heterocycles. The van der Waals surface area contributed by atoms with Crippen molar-refractivity contribution in [1.82, 2.24) is 0 Å². The third kappa shape index (κ3) is 3.33. The van der Waals surface area contributed by atoms with Crippen LogP contribution in [0, 0.1) is 0 Å².